The summed E-state index contributed by atoms with van der Waals surface area (Å²) < 4.78 is 5.70. The fourth-order valence-electron chi connectivity index (χ4n) is 5.54. The predicted octanol–water partition coefficient (Wildman–Crippen LogP) is 2.89. The van der Waals surface area contributed by atoms with Crippen molar-refractivity contribution in [3.63, 3.8) is 0 Å². The quantitative estimate of drug-likeness (QED) is 0.738. The lowest BCUT2D eigenvalue weighted by molar-refractivity contribution is -0.137. The van der Waals surface area contributed by atoms with Crippen LogP contribution in [0.3, 0.4) is 0 Å². The van der Waals surface area contributed by atoms with Gasteiger partial charge >= 0.3 is 0 Å². The van der Waals surface area contributed by atoms with Gasteiger partial charge in [-0.1, -0.05) is 31.0 Å². The molecular formula is C26H30N4O3. The molecule has 3 aliphatic rings. The summed E-state index contributed by atoms with van der Waals surface area (Å²) in [4.78, 5) is 33.1. The minimum atomic E-state index is -0.482. The number of aryl methyl sites for hydroxylation is 1. The maximum atomic E-state index is 13.9. The maximum absolute atomic E-state index is 13.9. The minimum absolute atomic E-state index is 0.0250. The molecule has 1 fully saturated rings. The molecule has 0 bridgehead atoms. The molecule has 0 unspecified atom stereocenters. The number of amides is 2. The lowest BCUT2D eigenvalue weighted by atomic mass is 9.86. The normalized spacial score (nSPS) is 24.3. The fraction of sp³-hybridized carbons (Fsp3) is 0.423. The van der Waals surface area contributed by atoms with E-state index in [1.54, 1.807) is 19.5 Å². The van der Waals surface area contributed by atoms with Gasteiger partial charge in [0.25, 0.3) is 5.91 Å². The van der Waals surface area contributed by atoms with Crippen LogP contribution in [-0.2, 0) is 16.0 Å². The molecule has 7 nitrogen and oxygen atoms in total. The van der Waals surface area contributed by atoms with Crippen LogP contribution in [0.25, 0.3) is 0 Å². The molecule has 1 aliphatic carbocycles. The van der Waals surface area contributed by atoms with Crippen LogP contribution in [-0.4, -0.2) is 47.4 Å². The van der Waals surface area contributed by atoms with E-state index >= 15 is 0 Å². The average Bonchev–Trinajstić information content (AvgIpc) is 3.13. The molecule has 2 amide bonds. The standard InChI is InChI=1S/C26H30N4O3/c1-33-22-9-5-2-6-18(22)25-24-20(16-28-26(24)32)29-19-7-3-4-8-21(19)30(25)23(31)11-10-17-12-14-27-15-13-17/h2,5-6,9,12-15,19,21,25,29H,3-4,7-8,10-11,16H2,1H3,(H,28,32)/t19-,21-,25-/m1/s1. The van der Waals surface area contributed by atoms with Crippen molar-refractivity contribution in [2.24, 2.45) is 0 Å². The Kier molecular flexibility index (Phi) is 6.03. The number of hydrogen-bond acceptors (Lipinski definition) is 5. The molecular weight excluding hydrogens is 416 g/mol. The highest BCUT2D eigenvalue weighted by atomic mass is 16.5. The number of fused-ring (bicyclic) bond motifs is 1. The Hall–Kier alpha value is -3.35. The molecule has 3 atom stereocenters. The van der Waals surface area contributed by atoms with E-state index in [9.17, 15) is 9.59 Å². The van der Waals surface area contributed by atoms with Crippen molar-refractivity contribution in [1.29, 1.82) is 0 Å². The third-order valence-corrected chi connectivity index (χ3v) is 7.09. The molecule has 1 aromatic carbocycles. The highest BCUT2D eigenvalue weighted by Gasteiger charge is 2.46. The highest BCUT2D eigenvalue weighted by molar-refractivity contribution is 5.99. The first-order valence-corrected chi connectivity index (χ1v) is 11.8. The lowest BCUT2D eigenvalue weighted by Crippen LogP contribution is -2.53. The van der Waals surface area contributed by atoms with Crippen molar-refractivity contribution in [2.45, 2.75) is 56.7 Å². The van der Waals surface area contributed by atoms with Crippen LogP contribution in [0.15, 0.2) is 60.1 Å². The van der Waals surface area contributed by atoms with Crippen LogP contribution in [0.1, 0.15) is 49.3 Å². The summed E-state index contributed by atoms with van der Waals surface area (Å²) in [6.07, 6.45) is 8.63. The van der Waals surface area contributed by atoms with E-state index in [4.69, 9.17) is 4.74 Å². The van der Waals surface area contributed by atoms with Gasteiger partial charge in [-0.15, -0.1) is 0 Å². The van der Waals surface area contributed by atoms with Gasteiger partial charge in [-0.2, -0.15) is 0 Å². The number of nitrogens with one attached hydrogen (secondary N) is 2. The Morgan fingerprint density at radius 3 is 2.76 bits per heavy atom. The summed E-state index contributed by atoms with van der Waals surface area (Å²) >= 11 is 0. The summed E-state index contributed by atoms with van der Waals surface area (Å²) in [6, 6.07) is 11.3. The Labute approximate surface area is 194 Å². The van der Waals surface area contributed by atoms with Crippen LogP contribution in [0.4, 0.5) is 0 Å². The zero-order valence-corrected chi connectivity index (χ0v) is 18.9. The van der Waals surface area contributed by atoms with Crippen LogP contribution < -0.4 is 15.4 Å². The first kappa shape index (κ1) is 21.5. The number of para-hydroxylation sites is 1. The highest BCUT2D eigenvalue weighted by Crippen LogP contribution is 2.43. The molecule has 2 N–H and O–H groups in total. The van der Waals surface area contributed by atoms with Crippen molar-refractivity contribution in [3.05, 3.63) is 71.2 Å². The second-order valence-corrected chi connectivity index (χ2v) is 8.98. The third-order valence-electron chi connectivity index (χ3n) is 7.09. The molecule has 3 heterocycles. The summed E-state index contributed by atoms with van der Waals surface area (Å²) in [7, 11) is 1.64. The van der Waals surface area contributed by atoms with Gasteiger partial charge in [0.05, 0.1) is 31.3 Å². The Morgan fingerprint density at radius 2 is 1.94 bits per heavy atom. The van der Waals surface area contributed by atoms with Crippen LogP contribution in [0.5, 0.6) is 5.75 Å². The number of aromatic nitrogens is 1. The molecule has 1 aromatic heterocycles. The second-order valence-electron chi connectivity index (χ2n) is 8.98. The number of pyridine rings is 1. The fourth-order valence-corrected chi connectivity index (χ4v) is 5.54. The largest absolute Gasteiger partial charge is 0.496 e. The molecule has 0 saturated heterocycles. The number of benzene rings is 1. The van der Waals surface area contributed by atoms with Crippen LogP contribution in [0, 0.1) is 0 Å². The molecule has 33 heavy (non-hydrogen) atoms. The van der Waals surface area contributed by atoms with E-state index in [0.717, 1.165) is 42.5 Å². The van der Waals surface area contributed by atoms with Gasteiger partial charge in [0.2, 0.25) is 5.91 Å². The summed E-state index contributed by atoms with van der Waals surface area (Å²) in [6.45, 7) is 0.474. The van der Waals surface area contributed by atoms with Gasteiger partial charge in [0.15, 0.2) is 0 Å². The van der Waals surface area contributed by atoms with E-state index in [1.165, 1.54) is 0 Å². The third kappa shape index (κ3) is 4.08. The smallest absolute Gasteiger partial charge is 0.251 e. The Balaban J connectivity index is 1.59. The summed E-state index contributed by atoms with van der Waals surface area (Å²) in [5, 5.41) is 6.64. The van der Waals surface area contributed by atoms with Crippen LogP contribution >= 0.6 is 0 Å². The molecule has 1 saturated carbocycles. The van der Waals surface area contributed by atoms with E-state index < -0.39 is 6.04 Å². The monoisotopic (exact) mass is 446 g/mol. The van der Waals surface area contributed by atoms with Crippen LogP contribution in [0.2, 0.25) is 0 Å². The molecule has 5 rings (SSSR count). The topological polar surface area (TPSA) is 83.6 Å². The summed E-state index contributed by atoms with van der Waals surface area (Å²) in [5.74, 6) is 0.643. The first-order chi connectivity index (χ1) is 16.2. The number of ether oxygens (including phenoxy) is 1. The maximum Gasteiger partial charge on any atom is 0.251 e. The van der Waals surface area contributed by atoms with E-state index in [-0.39, 0.29) is 23.9 Å². The number of hydrogen-bond donors (Lipinski definition) is 2. The molecule has 2 aliphatic heterocycles. The van der Waals surface area contributed by atoms with Gasteiger partial charge in [0, 0.05) is 36.1 Å². The zero-order chi connectivity index (χ0) is 22.8. The van der Waals surface area contributed by atoms with Gasteiger partial charge in [0.1, 0.15) is 5.75 Å². The van der Waals surface area contributed by atoms with Crippen molar-refractivity contribution < 1.29 is 14.3 Å². The number of nitrogens with zero attached hydrogens (tertiary/aromatic N) is 2. The Bertz CT molecular complexity index is 1070. The van der Waals surface area contributed by atoms with Crippen molar-refractivity contribution in [2.75, 3.05) is 13.7 Å². The molecule has 172 valence electrons. The summed E-state index contributed by atoms with van der Waals surface area (Å²) in [5.41, 5.74) is 3.50. The van der Waals surface area contributed by atoms with Crippen molar-refractivity contribution in [3.8, 4) is 5.75 Å². The zero-order valence-electron chi connectivity index (χ0n) is 18.9. The van der Waals surface area contributed by atoms with E-state index in [0.29, 0.717) is 30.7 Å². The first-order valence-electron chi connectivity index (χ1n) is 11.8. The van der Waals surface area contributed by atoms with Gasteiger partial charge in [-0.25, -0.2) is 0 Å². The van der Waals surface area contributed by atoms with Crippen molar-refractivity contribution in [1.82, 2.24) is 20.5 Å². The number of carbonyl (C=O) groups is 2. The Morgan fingerprint density at radius 1 is 1.15 bits per heavy atom. The van der Waals surface area contributed by atoms with Gasteiger partial charge in [-0.05, 0) is 43.0 Å². The molecule has 7 heteroatoms. The molecule has 2 aromatic rings. The van der Waals surface area contributed by atoms with E-state index in [1.807, 2.05) is 41.3 Å². The minimum Gasteiger partial charge on any atom is -0.496 e. The van der Waals surface area contributed by atoms with Gasteiger partial charge in [-0.3, -0.25) is 14.6 Å². The van der Waals surface area contributed by atoms with Crippen molar-refractivity contribution >= 4 is 11.8 Å². The second kappa shape index (κ2) is 9.25. The SMILES string of the molecule is COc1ccccc1[C@@H]1C2=C(CNC2=O)N[C@@H]2CCCC[C@H]2N1C(=O)CCc1ccncc1. The predicted molar refractivity (Wildman–Crippen MR) is 124 cm³/mol. The molecule has 0 radical (unpaired) electrons. The van der Waals surface area contributed by atoms with Gasteiger partial charge < -0.3 is 20.3 Å². The molecule has 0 spiro atoms. The number of carbonyl (C=O) groups excluding carboxylic acids is 2. The lowest BCUT2D eigenvalue weighted by Gasteiger charge is -2.43. The van der Waals surface area contributed by atoms with E-state index in [2.05, 4.69) is 15.6 Å². The number of rotatable bonds is 5. The average molecular weight is 447 g/mol. The number of methoxy groups -OCH3 is 1.